The number of phenols is 1. The molecule has 0 radical (unpaired) electrons. The third-order valence-electron chi connectivity index (χ3n) is 6.78. The Hall–Kier alpha value is -3.49. The maximum atomic E-state index is 14.1. The topological polar surface area (TPSA) is 144 Å². The van der Waals surface area contributed by atoms with Crippen molar-refractivity contribution < 1.29 is 19.1 Å². The minimum absolute atomic E-state index is 0.000806. The highest BCUT2D eigenvalue weighted by molar-refractivity contribution is 8.00. The number of carbonyl (C=O) groups is 2. The number of amides is 3. The van der Waals surface area contributed by atoms with Crippen LogP contribution in [-0.4, -0.2) is 64.6 Å². The van der Waals surface area contributed by atoms with Crippen LogP contribution >= 0.6 is 23.4 Å². The van der Waals surface area contributed by atoms with E-state index in [-0.39, 0.29) is 51.4 Å². The van der Waals surface area contributed by atoms with Crippen LogP contribution in [0.2, 0.25) is 5.02 Å². The third kappa shape index (κ3) is 5.66. The number of nitrogens with one attached hydrogen (secondary N) is 2. The molecule has 0 aromatic heterocycles. The highest BCUT2D eigenvalue weighted by Crippen LogP contribution is 2.38. The number of benzene rings is 2. The number of nitrogens with two attached hydrogens (primary N) is 1. The fourth-order valence-corrected chi connectivity index (χ4v) is 6.78. The van der Waals surface area contributed by atoms with Gasteiger partial charge in [0.25, 0.3) is 5.91 Å². The van der Waals surface area contributed by atoms with Gasteiger partial charge in [0.15, 0.2) is 5.96 Å². The fraction of sp³-hybridized carbons (Fsp3) is 0.385. The van der Waals surface area contributed by atoms with Gasteiger partial charge in [0.1, 0.15) is 11.6 Å². The molecular weight excluding hydrogens is 531 g/mol. The second kappa shape index (κ2) is 11.9. The van der Waals surface area contributed by atoms with Crippen molar-refractivity contribution in [2.75, 3.05) is 19.3 Å². The Morgan fingerprint density at radius 2 is 2.16 bits per heavy atom. The number of unbranched alkanes of at least 4 members (excludes halogenated alkanes) is 2. The molecule has 1 unspecified atom stereocenters. The number of nitriles is 1. The van der Waals surface area contributed by atoms with Gasteiger partial charge in [-0.05, 0) is 31.0 Å². The molecule has 2 aromatic carbocycles. The van der Waals surface area contributed by atoms with E-state index >= 15 is 0 Å². The van der Waals surface area contributed by atoms with E-state index in [2.05, 4.69) is 15.6 Å². The molecule has 2 aliphatic rings. The number of likely N-dealkylation sites (N-methyl/N-ethyl adjacent to an activating group) is 1. The van der Waals surface area contributed by atoms with Crippen molar-refractivity contribution in [1.82, 2.24) is 15.5 Å². The Bertz CT molecular complexity index is 1320. The van der Waals surface area contributed by atoms with Crippen molar-refractivity contribution in [2.45, 2.75) is 43.0 Å². The van der Waals surface area contributed by atoms with Gasteiger partial charge in [-0.3, -0.25) is 15.1 Å². The molecule has 2 fully saturated rings. The molecule has 4 rings (SSSR count). The average Bonchev–Trinajstić information content (AvgIpc) is 3.41. The largest absolute Gasteiger partial charge is 0.507 e. The van der Waals surface area contributed by atoms with Gasteiger partial charge in [0, 0.05) is 35.7 Å². The SMILES string of the molecule is CN1C(=O)N[C@H]2CS[C@@H](CCCCCN=C(N)NC(=O)c3c(O)ccc(C#N)c3-c3cccc(F)c3Cl)C21. The van der Waals surface area contributed by atoms with Crippen LogP contribution in [-0.2, 0) is 0 Å². The van der Waals surface area contributed by atoms with Gasteiger partial charge in [-0.25, -0.2) is 9.18 Å². The van der Waals surface area contributed by atoms with E-state index in [0.717, 1.165) is 37.5 Å². The van der Waals surface area contributed by atoms with E-state index in [1.165, 1.54) is 24.3 Å². The van der Waals surface area contributed by atoms with Gasteiger partial charge in [-0.2, -0.15) is 17.0 Å². The molecule has 38 heavy (non-hydrogen) atoms. The van der Waals surface area contributed by atoms with Crippen LogP contribution in [0.1, 0.15) is 41.6 Å². The maximum Gasteiger partial charge on any atom is 0.317 e. The zero-order chi connectivity index (χ0) is 27.4. The standard InChI is InChI=1S/C26H28ClFN6O3S/c1-34-23-17(32-26(34)37)13-38-19(23)8-3-2-4-11-31-25(30)33-24(36)21-18(35)10-9-14(12-29)20(21)15-6-5-7-16(28)22(15)27/h5-7,9-10,17,19,23,35H,2-4,8,11,13H2,1H3,(H,32,37)(H3,30,31,33,36)/t17-,19-,23?/m0/s1. The molecule has 12 heteroatoms. The highest BCUT2D eigenvalue weighted by Gasteiger charge is 2.46. The number of nitrogens with zero attached hydrogens (tertiary/aromatic N) is 3. The number of rotatable bonds is 8. The zero-order valence-electron chi connectivity index (χ0n) is 20.7. The number of halogens is 2. The summed E-state index contributed by atoms with van der Waals surface area (Å²) < 4.78 is 14.1. The molecule has 0 saturated carbocycles. The number of carbonyl (C=O) groups excluding carboxylic acids is 2. The average molecular weight is 559 g/mol. The Balaban J connectivity index is 1.34. The van der Waals surface area contributed by atoms with E-state index in [0.29, 0.717) is 11.8 Å². The van der Waals surface area contributed by atoms with E-state index in [4.69, 9.17) is 17.3 Å². The van der Waals surface area contributed by atoms with Gasteiger partial charge in [0.05, 0.1) is 34.3 Å². The first-order valence-electron chi connectivity index (χ1n) is 12.2. The number of aliphatic imine (C=N–C) groups is 1. The third-order valence-corrected chi connectivity index (χ3v) is 8.66. The summed E-state index contributed by atoms with van der Waals surface area (Å²) in [6.07, 6.45) is 3.66. The Morgan fingerprint density at radius 3 is 2.92 bits per heavy atom. The summed E-state index contributed by atoms with van der Waals surface area (Å²) >= 11 is 8.01. The molecule has 0 bridgehead atoms. The molecule has 3 amide bonds. The van der Waals surface area contributed by atoms with E-state index in [9.17, 15) is 24.3 Å². The lowest BCUT2D eigenvalue weighted by atomic mass is 9.93. The Labute approximate surface area is 229 Å². The summed E-state index contributed by atoms with van der Waals surface area (Å²) in [6.45, 7) is 0.392. The first-order chi connectivity index (χ1) is 18.2. The number of fused-ring (bicyclic) bond motifs is 1. The first kappa shape index (κ1) is 27.5. The number of aromatic hydroxyl groups is 1. The second-order valence-electron chi connectivity index (χ2n) is 9.20. The van der Waals surface area contributed by atoms with Crippen molar-refractivity contribution in [3.8, 4) is 22.9 Å². The summed E-state index contributed by atoms with van der Waals surface area (Å²) in [5.41, 5.74) is 5.78. The lowest BCUT2D eigenvalue weighted by Gasteiger charge is -2.23. The van der Waals surface area contributed by atoms with Gasteiger partial charge < -0.3 is 21.1 Å². The van der Waals surface area contributed by atoms with Gasteiger partial charge in [-0.15, -0.1) is 0 Å². The number of hydrogen-bond donors (Lipinski definition) is 4. The summed E-state index contributed by atoms with van der Waals surface area (Å²) in [5.74, 6) is -1.14. The quantitative estimate of drug-likeness (QED) is 0.168. The smallest absolute Gasteiger partial charge is 0.317 e. The molecule has 9 nitrogen and oxygen atoms in total. The Morgan fingerprint density at radius 1 is 1.37 bits per heavy atom. The Kier molecular flexibility index (Phi) is 8.64. The molecule has 0 spiro atoms. The van der Waals surface area contributed by atoms with Crippen LogP contribution in [0.15, 0.2) is 35.3 Å². The minimum atomic E-state index is -0.798. The molecule has 200 valence electrons. The fourth-order valence-electron chi connectivity index (χ4n) is 4.92. The number of phenolic OH excluding ortho intramolecular Hbond substituents is 1. The zero-order valence-corrected chi connectivity index (χ0v) is 22.3. The second-order valence-corrected chi connectivity index (χ2v) is 10.8. The van der Waals surface area contributed by atoms with E-state index in [1.54, 1.807) is 4.90 Å². The van der Waals surface area contributed by atoms with Crippen LogP contribution < -0.4 is 16.4 Å². The van der Waals surface area contributed by atoms with Crippen molar-refractivity contribution in [3.05, 3.63) is 52.3 Å². The van der Waals surface area contributed by atoms with Crippen molar-refractivity contribution in [3.63, 3.8) is 0 Å². The van der Waals surface area contributed by atoms with Crippen molar-refractivity contribution in [1.29, 1.82) is 5.26 Å². The lowest BCUT2D eigenvalue weighted by Crippen LogP contribution is -2.38. The number of thioether (sulfide) groups is 1. The van der Waals surface area contributed by atoms with E-state index in [1.807, 2.05) is 24.9 Å². The molecule has 3 atom stereocenters. The van der Waals surface area contributed by atoms with Crippen LogP contribution in [0, 0.1) is 17.1 Å². The van der Waals surface area contributed by atoms with E-state index < -0.39 is 17.5 Å². The van der Waals surface area contributed by atoms with Crippen LogP contribution in [0.25, 0.3) is 11.1 Å². The minimum Gasteiger partial charge on any atom is -0.507 e. The molecule has 5 N–H and O–H groups in total. The summed E-state index contributed by atoms with van der Waals surface area (Å²) in [7, 11) is 1.84. The summed E-state index contributed by atoms with van der Waals surface area (Å²) in [5, 5.41) is 25.6. The lowest BCUT2D eigenvalue weighted by molar-refractivity contribution is 0.0974. The number of urea groups is 1. The molecule has 2 aliphatic heterocycles. The van der Waals surface area contributed by atoms with Crippen LogP contribution in [0.4, 0.5) is 9.18 Å². The highest BCUT2D eigenvalue weighted by atomic mass is 35.5. The number of hydrogen-bond acceptors (Lipinski definition) is 6. The summed E-state index contributed by atoms with van der Waals surface area (Å²) in [6, 6.07) is 8.94. The molecule has 0 aliphatic carbocycles. The summed E-state index contributed by atoms with van der Waals surface area (Å²) in [4.78, 5) is 30.9. The predicted molar refractivity (Wildman–Crippen MR) is 146 cm³/mol. The van der Waals surface area contributed by atoms with Crippen LogP contribution in [0.5, 0.6) is 5.75 Å². The van der Waals surface area contributed by atoms with Gasteiger partial charge in [-0.1, -0.05) is 36.6 Å². The van der Waals surface area contributed by atoms with Crippen LogP contribution in [0.3, 0.4) is 0 Å². The van der Waals surface area contributed by atoms with Gasteiger partial charge in [0.2, 0.25) is 0 Å². The van der Waals surface area contributed by atoms with Gasteiger partial charge >= 0.3 is 6.03 Å². The number of guanidine groups is 1. The van der Waals surface area contributed by atoms with Crippen molar-refractivity contribution in [2.24, 2.45) is 10.7 Å². The molecule has 2 heterocycles. The maximum absolute atomic E-state index is 14.1. The molecule has 2 aromatic rings. The predicted octanol–water partition coefficient (Wildman–Crippen LogP) is 3.84. The molecule has 2 saturated heterocycles. The first-order valence-corrected chi connectivity index (χ1v) is 13.6. The monoisotopic (exact) mass is 558 g/mol. The normalized spacial score (nSPS) is 20.7. The van der Waals surface area contributed by atoms with Crippen molar-refractivity contribution >= 4 is 41.3 Å². The molecular formula is C26H28ClFN6O3S.